The zero-order chi connectivity index (χ0) is 12.1. The van der Waals surface area contributed by atoms with E-state index >= 15 is 0 Å². The minimum absolute atomic E-state index is 0.446. The average Bonchev–Trinajstić information content (AvgIpc) is 2.82. The summed E-state index contributed by atoms with van der Waals surface area (Å²) in [5.41, 5.74) is 1.78. The molecule has 92 valence electrons. The first-order valence-corrected chi connectivity index (χ1v) is 6.73. The van der Waals surface area contributed by atoms with Gasteiger partial charge >= 0.3 is 6.09 Å². The maximum absolute atomic E-state index is 11.1. The average molecular weight is 252 g/mol. The fourth-order valence-electron chi connectivity index (χ4n) is 1.74. The zero-order valence-corrected chi connectivity index (χ0v) is 10.5. The van der Waals surface area contributed by atoms with Crippen molar-refractivity contribution in [1.82, 2.24) is 0 Å². The molecule has 0 spiro atoms. The summed E-state index contributed by atoms with van der Waals surface area (Å²) in [5.74, 6) is 2.37. The van der Waals surface area contributed by atoms with E-state index in [1.807, 2.05) is 36.0 Å². The minimum Gasteiger partial charge on any atom is -0.453 e. The van der Waals surface area contributed by atoms with Crippen molar-refractivity contribution in [1.29, 1.82) is 0 Å². The Morgan fingerprint density at radius 2 is 2.29 bits per heavy atom. The molecule has 1 aliphatic heterocycles. The number of amides is 1. The SMILES string of the molecule is COC(=O)Nc1cccc(NC2CCSC2)c1. The van der Waals surface area contributed by atoms with Gasteiger partial charge < -0.3 is 10.1 Å². The third-order valence-electron chi connectivity index (χ3n) is 2.59. The van der Waals surface area contributed by atoms with Crippen LogP contribution in [0.25, 0.3) is 0 Å². The molecule has 1 unspecified atom stereocenters. The van der Waals surface area contributed by atoms with Gasteiger partial charge in [0, 0.05) is 23.2 Å². The van der Waals surface area contributed by atoms with Crippen LogP contribution in [-0.4, -0.2) is 30.8 Å². The van der Waals surface area contributed by atoms with Gasteiger partial charge in [-0.3, -0.25) is 5.32 Å². The lowest BCUT2D eigenvalue weighted by atomic mass is 10.2. The molecule has 0 radical (unpaired) electrons. The topological polar surface area (TPSA) is 50.4 Å². The first-order valence-electron chi connectivity index (χ1n) is 5.57. The highest BCUT2D eigenvalue weighted by atomic mass is 32.2. The predicted molar refractivity (Wildman–Crippen MR) is 71.8 cm³/mol. The number of anilines is 2. The second-order valence-corrected chi connectivity index (χ2v) is 5.05. The Balaban J connectivity index is 1.97. The fraction of sp³-hybridized carbons (Fsp3) is 0.417. The molecule has 0 aromatic heterocycles. The molecule has 5 heteroatoms. The van der Waals surface area contributed by atoms with Gasteiger partial charge in [-0.1, -0.05) is 6.07 Å². The summed E-state index contributed by atoms with van der Waals surface area (Å²) >= 11 is 1.97. The highest BCUT2D eigenvalue weighted by Crippen LogP contribution is 2.23. The Morgan fingerprint density at radius 1 is 1.47 bits per heavy atom. The van der Waals surface area contributed by atoms with Crippen LogP contribution in [0.4, 0.5) is 16.2 Å². The Kier molecular flexibility index (Phi) is 4.14. The third-order valence-corrected chi connectivity index (χ3v) is 3.76. The van der Waals surface area contributed by atoms with Crippen LogP contribution in [-0.2, 0) is 4.74 Å². The van der Waals surface area contributed by atoms with Crippen LogP contribution < -0.4 is 10.6 Å². The van der Waals surface area contributed by atoms with Crippen LogP contribution in [0.15, 0.2) is 24.3 Å². The Bertz CT molecular complexity index is 392. The van der Waals surface area contributed by atoms with E-state index in [0.717, 1.165) is 17.1 Å². The predicted octanol–water partition coefficient (Wildman–Crippen LogP) is 2.78. The van der Waals surface area contributed by atoms with Crippen molar-refractivity contribution >= 4 is 29.2 Å². The first-order chi connectivity index (χ1) is 8.28. The highest BCUT2D eigenvalue weighted by molar-refractivity contribution is 7.99. The van der Waals surface area contributed by atoms with Gasteiger partial charge in [-0.15, -0.1) is 0 Å². The quantitative estimate of drug-likeness (QED) is 0.868. The largest absolute Gasteiger partial charge is 0.453 e. The number of benzene rings is 1. The van der Waals surface area contributed by atoms with Crippen LogP contribution in [0.1, 0.15) is 6.42 Å². The molecule has 1 atom stereocenters. The third kappa shape index (κ3) is 3.56. The van der Waals surface area contributed by atoms with Crippen molar-refractivity contribution < 1.29 is 9.53 Å². The number of hydrogen-bond donors (Lipinski definition) is 2. The van der Waals surface area contributed by atoms with Crippen molar-refractivity contribution in [2.45, 2.75) is 12.5 Å². The molecule has 1 amide bonds. The van der Waals surface area contributed by atoms with E-state index in [2.05, 4.69) is 15.4 Å². The summed E-state index contributed by atoms with van der Waals surface area (Å²) in [4.78, 5) is 11.1. The molecule has 1 saturated heterocycles. The minimum atomic E-state index is -0.446. The number of methoxy groups -OCH3 is 1. The van der Waals surface area contributed by atoms with Crippen LogP contribution in [0.3, 0.4) is 0 Å². The Labute approximate surface area is 105 Å². The fourth-order valence-corrected chi connectivity index (χ4v) is 2.89. The molecule has 4 nitrogen and oxygen atoms in total. The van der Waals surface area contributed by atoms with Gasteiger partial charge in [-0.05, 0) is 30.4 Å². The number of carbonyl (C=O) groups is 1. The lowest BCUT2D eigenvalue weighted by Crippen LogP contribution is -2.18. The van der Waals surface area contributed by atoms with E-state index in [0.29, 0.717) is 6.04 Å². The summed E-state index contributed by atoms with van der Waals surface area (Å²) < 4.78 is 4.55. The number of rotatable bonds is 3. The molecule has 2 rings (SSSR count). The maximum Gasteiger partial charge on any atom is 0.411 e. The van der Waals surface area contributed by atoms with Gasteiger partial charge in [0.05, 0.1) is 7.11 Å². The van der Waals surface area contributed by atoms with Crippen molar-refractivity contribution in [3.63, 3.8) is 0 Å². The normalized spacial score (nSPS) is 18.8. The molecule has 0 bridgehead atoms. The van der Waals surface area contributed by atoms with Gasteiger partial charge in [0.25, 0.3) is 0 Å². The summed E-state index contributed by atoms with van der Waals surface area (Å²) in [6.45, 7) is 0. The lowest BCUT2D eigenvalue weighted by molar-refractivity contribution is 0.187. The van der Waals surface area contributed by atoms with Gasteiger partial charge in [-0.25, -0.2) is 4.79 Å². The second kappa shape index (κ2) is 5.82. The summed E-state index contributed by atoms with van der Waals surface area (Å²) in [7, 11) is 1.35. The van der Waals surface area contributed by atoms with Crippen molar-refractivity contribution in [2.24, 2.45) is 0 Å². The first kappa shape index (κ1) is 12.1. The molecule has 1 heterocycles. The molecule has 17 heavy (non-hydrogen) atoms. The molecule has 0 aliphatic carbocycles. The molecule has 1 aliphatic rings. The summed E-state index contributed by atoms with van der Waals surface area (Å²) in [6, 6.07) is 8.21. The molecule has 1 fully saturated rings. The van der Waals surface area contributed by atoms with Gasteiger partial charge in [0.1, 0.15) is 0 Å². The molecular weight excluding hydrogens is 236 g/mol. The van der Waals surface area contributed by atoms with Gasteiger partial charge in [0.2, 0.25) is 0 Å². The summed E-state index contributed by atoms with van der Waals surface area (Å²) in [5, 5.41) is 6.11. The van der Waals surface area contributed by atoms with E-state index < -0.39 is 6.09 Å². The van der Waals surface area contributed by atoms with E-state index in [9.17, 15) is 4.79 Å². The number of ether oxygens (including phenoxy) is 1. The number of carbonyl (C=O) groups excluding carboxylic acids is 1. The van der Waals surface area contributed by atoms with Crippen LogP contribution >= 0.6 is 11.8 Å². The number of nitrogens with one attached hydrogen (secondary N) is 2. The monoisotopic (exact) mass is 252 g/mol. The Morgan fingerprint density at radius 3 is 3.00 bits per heavy atom. The standard InChI is InChI=1S/C12H16N2O2S/c1-16-12(15)14-10-4-2-3-9(7-10)13-11-5-6-17-8-11/h2-4,7,11,13H,5-6,8H2,1H3,(H,14,15). The van der Waals surface area contributed by atoms with Gasteiger partial charge in [0.15, 0.2) is 0 Å². The van der Waals surface area contributed by atoms with Crippen LogP contribution in [0, 0.1) is 0 Å². The smallest absolute Gasteiger partial charge is 0.411 e. The van der Waals surface area contributed by atoms with E-state index in [-0.39, 0.29) is 0 Å². The van der Waals surface area contributed by atoms with E-state index in [4.69, 9.17) is 0 Å². The van der Waals surface area contributed by atoms with E-state index in [1.54, 1.807) is 0 Å². The van der Waals surface area contributed by atoms with E-state index in [1.165, 1.54) is 19.3 Å². The second-order valence-electron chi connectivity index (χ2n) is 3.90. The number of hydrogen-bond acceptors (Lipinski definition) is 4. The van der Waals surface area contributed by atoms with Crippen molar-refractivity contribution in [2.75, 3.05) is 29.2 Å². The highest BCUT2D eigenvalue weighted by Gasteiger charge is 2.14. The molecule has 0 saturated carbocycles. The Hall–Kier alpha value is -1.36. The molecule has 1 aromatic rings. The lowest BCUT2D eigenvalue weighted by Gasteiger charge is -2.13. The molecule has 2 N–H and O–H groups in total. The maximum atomic E-state index is 11.1. The summed E-state index contributed by atoms with van der Waals surface area (Å²) in [6.07, 6.45) is 0.748. The van der Waals surface area contributed by atoms with Crippen LogP contribution in [0.5, 0.6) is 0 Å². The van der Waals surface area contributed by atoms with Crippen molar-refractivity contribution in [3.05, 3.63) is 24.3 Å². The number of thioether (sulfide) groups is 1. The molecular formula is C12H16N2O2S. The molecule has 1 aromatic carbocycles. The van der Waals surface area contributed by atoms with Gasteiger partial charge in [-0.2, -0.15) is 11.8 Å². The zero-order valence-electron chi connectivity index (χ0n) is 9.73. The van der Waals surface area contributed by atoms with Crippen LogP contribution in [0.2, 0.25) is 0 Å². The van der Waals surface area contributed by atoms with Crippen molar-refractivity contribution in [3.8, 4) is 0 Å².